The highest BCUT2D eigenvalue weighted by Gasteiger charge is 2.54. The summed E-state index contributed by atoms with van der Waals surface area (Å²) in [5.74, 6) is -2.81. The molecule has 1 fully saturated rings. The van der Waals surface area contributed by atoms with Gasteiger partial charge in [-0.2, -0.15) is 0 Å². The number of nitrogen functional groups attached to an aromatic ring is 1. The van der Waals surface area contributed by atoms with E-state index in [1.807, 2.05) is 0 Å². The van der Waals surface area contributed by atoms with Crippen molar-refractivity contribution in [3.05, 3.63) is 30.6 Å². The van der Waals surface area contributed by atoms with E-state index in [0.717, 1.165) is 39.9 Å². The van der Waals surface area contributed by atoms with Gasteiger partial charge in [0.05, 0.1) is 11.1 Å². The van der Waals surface area contributed by atoms with E-state index < -0.39 is 35.6 Å². The molecule has 2 aliphatic rings. The van der Waals surface area contributed by atoms with E-state index in [4.69, 9.17) is 28.2 Å². The molecule has 0 radical (unpaired) electrons. The second-order valence-corrected chi connectivity index (χ2v) is 10.2. The van der Waals surface area contributed by atoms with Crippen molar-refractivity contribution >= 4 is 75.3 Å². The first kappa shape index (κ1) is 24.2. The maximum Gasteiger partial charge on any atom is 0.353 e. The normalized spacial score (nSPS) is 21.7. The van der Waals surface area contributed by atoms with Crippen molar-refractivity contribution in [3.8, 4) is 0 Å². The van der Waals surface area contributed by atoms with E-state index in [-0.39, 0.29) is 20.9 Å². The van der Waals surface area contributed by atoms with Gasteiger partial charge in [-0.1, -0.05) is 51.8 Å². The summed E-state index contributed by atoms with van der Waals surface area (Å²) in [6.45, 7) is 1.70. The number of oxime groups is 1. The number of nitrogens with two attached hydrogens (primary N) is 3. The number of carboxylic acid groups (broad SMARTS) is 1. The summed E-state index contributed by atoms with van der Waals surface area (Å²) < 4.78 is 0.0408. The number of nitrogens with one attached hydrogen (secondary N) is 1. The standard InChI is InChI=1S/C16H18ClN7O5S3/c1-4(32-20)12(18)30-6-3-2-5-7(14(26)24(5)10(6)15(27)28)21-13(25)9(23-29)8-11(17)31-16(19)22-8/h5,7,29H,2-3,18,20H2,1H3,(H2,19,22)(H,21,25)(H,27,28)/b12-4+,23-9-/t5-,7+/m1/s1. The minimum atomic E-state index is -1.29. The van der Waals surface area contributed by atoms with Crippen molar-refractivity contribution in [1.29, 1.82) is 0 Å². The number of nitrogens with zero attached hydrogens (tertiary/aromatic N) is 3. The van der Waals surface area contributed by atoms with E-state index in [1.54, 1.807) is 6.92 Å². The minimum absolute atomic E-state index is 0.0408. The molecule has 2 aliphatic heterocycles. The monoisotopic (exact) mass is 519 g/mol. The Kier molecular flexibility index (Phi) is 7.24. The van der Waals surface area contributed by atoms with Gasteiger partial charge in [0.15, 0.2) is 10.8 Å². The van der Waals surface area contributed by atoms with Crippen LogP contribution in [0.25, 0.3) is 0 Å². The van der Waals surface area contributed by atoms with Crippen molar-refractivity contribution in [2.75, 3.05) is 5.73 Å². The van der Waals surface area contributed by atoms with Gasteiger partial charge in [0.25, 0.3) is 11.8 Å². The fraction of sp³-hybridized carbons (Fsp3) is 0.312. The summed E-state index contributed by atoms with van der Waals surface area (Å²) in [7, 11) is 0. The number of hydrogen-bond acceptors (Lipinski definition) is 12. The quantitative estimate of drug-likeness (QED) is 0.0975. The maximum atomic E-state index is 12.8. The molecule has 3 rings (SSSR count). The van der Waals surface area contributed by atoms with E-state index in [0.29, 0.717) is 27.7 Å². The molecule has 1 aromatic heterocycles. The van der Waals surface area contributed by atoms with Gasteiger partial charge in [-0.15, -0.1) is 0 Å². The number of thioether (sulfide) groups is 1. The van der Waals surface area contributed by atoms with Gasteiger partial charge in [0.2, 0.25) is 0 Å². The lowest BCUT2D eigenvalue weighted by molar-refractivity contribution is -0.155. The number of hydrogen-bond donors (Lipinski definition) is 6. The average molecular weight is 520 g/mol. The van der Waals surface area contributed by atoms with E-state index in [2.05, 4.69) is 15.5 Å². The molecule has 172 valence electrons. The smallest absolute Gasteiger partial charge is 0.353 e. The zero-order valence-electron chi connectivity index (χ0n) is 16.4. The summed E-state index contributed by atoms with van der Waals surface area (Å²) in [4.78, 5) is 43.3. The van der Waals surface area contributed by atoms with Gasteiger partial charge in [-0.3, -0.25) is 19.6 Å². The Hall–Kier alpha value is -2.46. The third-order valence-electron chi connectivity index (χ3n) is 4.78. The van der Waals surface area contributed by atoms with Crippen molar-refractivity contribution in [1.82, 2.24) is 15.2 Å². The second-order valence-electron chi connectivity index (χ2n) is 6.61. The molecule has 0 aromatic carbocycles. The van der Waals surface area contributed by atoms with Crippen LogP contribution < -0.4 is 21.9 Å². The first-order valence-electron chi connectivity index (χ1n) is 8.86. The van der Waals surface area contributed by atoms with Crippen LogP contribution in [0.4, 0.5) is 5.13 Å². The molecule has 1 aromatic rings. The minimum Gasteiger partial charge on any atom is -0.477 e. The molecule has 0 saturated carbocycles. The number of carbonyl (C=O) groups is 3. The number of anilines is 1. The van der Waals surface area contributed by atoms with E-state index in [1.165, 1.54) is 0 Å². The molecule has 1 saturated heterocycles. The fourth-order valence-corrected chi connectivity index (χ4v) is 5.49. The summed E-state index contributed by atoms with van der Waals surface area (Å²) in [6.07, 6.45) is 0.708. The highest BCUT2D eigenvalue weighted by atomic mass is 35.5. The second kappa shape index (κ2) is 9.58. The molecular weight excluding hydrogens is 502 g/mol. The Morgan fingerprint density at radius 1 is 1.44 bits per heavy atom. The van der Waals surface area contributed by atoms with Crippen molar-refractivity contribution in [2.24, 2.45) is 16.0 Å². The molecule has 0 spiro atoms. The van der Waals surface area contributed by atoms with Gasteiger partial charge in [-0.25, -0.2) is 9.78 Å². The molecule has 2 amide bonds. The molecule has 0 unspecified atom stereocenters. The Morgan fingerprint density at radius 2 is 2.12 bits per heavy atom. The molecular formula is C16H18ClN7O5S3. The van der Waals surface area contributed by atoms with Gasteiger partial charge in [0, 0.05) is 9.81 Å². The molecule has 32 heavy (non-hydrogen) atoms. The molecule has 3 heterocycles. The molecule has 0 bridgehead atoms. The number of thiazole rings is 1. The fourth-order valence-electron chi connectivity index (χ4n) is 3.26. The number of carboxylic acids is 1. The van der Waals surface area contributed by atoms with Crippen LogP contribution in [0.15, 0.2) is 25.7 Å². The third kappa shape index (κ3) is 4.38. The first-order valence-corrected chi connectivity index (χ1v) is 11.7. The Balaban J connectivity index is 1.81. The van der Waals surface area contributed by atoms with Crippen LogP contribution in [-0.4, -0.2) is 55.8 Å². The van der Waals surface area contributed by atoms with Crippen LogP contribution in [0.2, 0.25) is 4.34 Å². The predicted octanol–water partition coefficient (Wildman–Crippen LogP) is 0.830. The number of halogens is 1. The number of allylic oxidation sites excluding steroid dienone is 2. The average Bonchev–Trinajstić information content (AvgIpc) is 3.08. The highest BCUT2D eigenvalue weighted by Crippen LogP contribution is 2.43. The summed E-state index contributed by atoms with van der Waals surface area (Å²) in [5.41, 5.74) is 10.7. The predicted molar refractivity (Wildman–Crippen MR) is 123 cm³/mol. The van der Waals surface area contributed by atoms with Crippen molar-refractivity contribution in [3.63, 3.8) is 0 Å². The SMILES string of the molecule is C/C(SN)=C(/N)SC1=C(C(=O)O)N2C(=O)[C@@H](NC(=O)/C(=N\O)c3nc(N)sc3Cl)[C@H]2CC1. The first-order chi connectivity index (χ1) is 15.1. The largest absolute Gasteiger partial charge is 0.477 e. The van der Waals surface area contributed by atoms with Gasteiger partial charge < -0.3 is 27.1 Å². The Morgan fingerprint density at radius 3 is 2.66 bits per heavy atom. The lowest BCUT2D eigenvalue weighted by atomic mass is 9.86. The Labute approximate surface area is 199 Å². The molecule has 2 atom stereocenters. The van der Waals surface area contributed by atoms with Crippen LogP contribution in [0.3, 0.4) is 0 Å². The number of aromatic nitrogens is 1. The van der Waals surface area contributed by atoms with Gasteiger partial charge in [-0.05, 0) is 19.8 Å². The Bertz CT molecular complexity index is 1090. The molecule has 16 heteroatoms. The van der Waals surface area contributed by atoms with Crippen LogP contribution in [-0.2, 0) is 14.4 Å². The van der Waals surface area contributed by atoms with Gasteiger partial charge >= 0.3 is 5.97 Å². The number of carbonyl (C=O) groups excluding carboxylic acids is 2. The van der Waals surface area contributed by atoms with E-state index in [9.17, 15) is 24.7 Å². The molecule has 12 nitrogen and oxygen atoms in total. The number of amides is 2. The van der Waals surface area contributed by atoms with E-state index >= 15 is 0 Å². The van der Waals surface area contributed by atoms with Crippen molar-refractivity contribution < 1.29 is 24.7 Å². The zero-order valence-corrected chi connectivity index (χ0v) is 19.6. The van der Waals surface area contributed by atoms with Crippen LogP contribution >= 0.6 is 46.6 Å². The maximum absolute atomic E-state index is 12.8. The third-order valence-corrected chi connectivity index (χ3v) is 7.74. The molecule has 0 aliphatic carbocycles. The summed E-state index contributed by atoms with van der Waals surface area (Å²) in [6, 6.07) is -1.60. The molecule has 9 N–H and O–H groups in total. The summed E-state index contributed by atoms with van der Waals surface area (Å²) >= 11 is 8.84. The van der Waals surface area contributed by atoms with Crippen LogP contribution in [0.1, 0.15) is 25.5 Å². The number of β-lactam (4-membered cyclic amide) rings is 1. The van der Waals surface area contributed by atoms with Crippen LogP contribution in [0, 0.1) is 0 Å². The number of aliphatic carboxylic acids is 1. The summed E-state index contributed by atoms with van der Waals surface area (Å²) in [5, 5.41) is 30.3. The zero-order chi connectivity index (χ0) is 23.7. The lowest BCUT2D eigenvalue weighted by Gasteiger charge is -2.50. The number of rotatable bonds is 7. The highest BCUT2D eigenvalue weighted by molar-refractivity contribution is 8.08. The number of fused-ring (bicyclic) bond motifs is 1. The lowest BCUT2D eigenvalue weighted by Crippen LogP contribution is -2.72. The topological polar surface area (TPSA) is 210 Å². The van der Waals surface area contributed by atoms with Gasteiger partial charge in [0.1, 0.15) is 21.8 Å². The van der Waals surface area contributed by atoms with Crippen LogP contribution in [0.5, 0.6) is 0 Å². The van der Waals surface area contributed by atoms with Crippen molar-refractivity contribution in [2.45, 2.75) is 31.8 Å².